The van der Waals surface area contributed by atoms with Gasteiger partial charge in [-0.2, -0.15) is 0 Å². The van der Waals surface area contributed by atoms with Crippen LogP contribution in [0.15, 0.2) is 0 Å². The first-order valence-electron chi connectivity index (χ1n) is 4.93. The van der Waals surface area contributed by atoms with E-state index in [0.29, 0.717) is 5.91 Å². The van der Waals surface area contributed by atoms with E-state index in [1.54, 1.807) is 0 Å². The van der Waals surface area contributed by atoms with Gasteiger partial charge in [0, 0.05) is 18.5 Å². The quantitative estimate of drug-likeness (QED) is 0.630. The highest BCUT2D eigenvalue weighted by atomic mass is 16.2. The molecule has 2 heteroatoms. The molecule has 1 saturated carbocycles. The van der Waals surface area contributed by atoms with Gasteiger partial charge in [0.25, 0.3) is 0 Å². The second kappa shape index (κ2) is 3.46. The summed E-state index contributed by atoms with van der Waals surface area (Å²) in [7, 11) is 0. The van der Waals surface area contributed by atoms with Gasteiger partial charge in [-0.25, -0.2) is 0 Å². The maximum atomic E-state index is 11.8. The summed E-state index contributed by atoms with van der Waals surface area (Å²) in [5.41, 5.74) is 0.0190. The van der Waals surface area contributed by atoms with Gasteiger partial charge in [0.05, 0.1) is 0 Å². The van der Waals surface area contributed by atoms with Crippen LogP contribution in [0.5, 0.6) is 0 Å². The largest absolute Gasteiger partial charge is 0.343 e. The van der Waals surface area contributed by atoms with E-state index >= 15 is 0 Å². The van der Waals surface area contributed by atoms with Crippen LogP contribution >= 0.6 is 0 Å². The average Bonchev–Trinajstić information content (AvgIpc) is 2.79. The molecule has 1 amide bonds. The smallest absolute Gasteiger partial charge is 0.228 e. The van der Waals surface area contributed by atoms with Gasteiger partial charge in [0.15, 0.2) is 0 Å². The van der Waals surface area contributed by atoms with Gasteiger partial charge in [-0.15, -0.1) is 0 Å². The average molecular weight is 169 g/mol. The van der Waals surface area contributed by atoms with Crippen molar-refractivity contribution in [3.05, 3.63) is 0 Å². The summed E-state index contributed by atoms with van der Waals surface area (Å²) < 4.78 is 0. The molecule has 0 N–H and O–H groups in total. The fraction of sp³-hybridized carbons (Fsp3) is 0.900. The predicted octanol–water partition coefficient (Wildman–Crippen LogP) is 2.04. The topological polar surface area (TPSA) is 20.3 Å². The normalized spacial score (nSPS) is 18.9. The predicted molar refractivity (Wildman–Crippen MR) is 49.9 cm³/mol. The van der Waals surface area contributed by atoms with Crippen molar-refractivity contribution in [3.63, 3.8) is 0 Å². The third kappa shape index (κ3) is 1.79. The van der Waals surface area contributed by atoms with E-state index in [1.165, 1.54) is 0 Å². The Balaban J connectivity index is 2.48. The first-order valence-corrected chi connectivity index (χ1v) is 4.93. The minimum atomic E-state index is 0.0190. The Morgan fingerprint density at radius 3 is 2.33 bits per heavy atom. The molecule has 0 radical (unpaired) electrons. The summed E-state index contributed by atoms with van der Waals surface area (Å²) in [5, 5.41) is 0. The van der Waals surface area contributed by atoms with Crippen molar-refractivity contribution in [2.75, 3.05) is 13.1 Å². The maximum absolute atomic E-state index is 11.8. The van der Waals surface area contributed by atoms with Crippen LogP contribution in [0.25, 0.3) is 0 Å². The Labute approximate surface area is 74.9 Å². The molecule has 0 bridgehead atoms. The van der Waals surface area contributed by atoms with Crippen molar-refractivity contribution in [1.82, 2.24) is 4.90 Å². The van der Waals surface area contributed by atoms with Gasteiger partial charge in [-0.3, -0.25) is 4.79 Å². The first-order chi connectivity index (χ1) is 5.64. The lowest BCUT2D eigenvalue weighted by molar-refractivity contribution is -0.136. The SMILES string of the molecule is CCCN(CC)C(=O)C1(C)CC1. The lowest BCUT2D eigenvalue weighted by Crippen LogP contribution is -2.36. The number of hydrogen-bond donors (Lipinski definition) is 0. The molecular formula is C10H19NO. The highest BCUT2D eigenvalue weighted by Crippen LogP contribution is 2.46. The Kier molecular flexibility index (Phi) is 2.76. The van der Waals surface area contributed by atoms with Gasteiger partial charge in [-0.05, 0) is 26.2 Å². The second-order valence-corrected chi connectivity index (χ2v) is 3.95. The van der Waals surface area contributed by atoms with Crippen LogP contribution < -0.4 is 0 Å². The summed E-state index contributed by atoms with van der Waals surface area (Å²) in [4.78, 5) is 13.8. The van der Waals surface area contributed by atoms with Crippen molar-refractivity contribution >= 4 is 5.91 Å². The van der Waals surface area contributed by atoms with Gasteiger partial charge in [0.2, 0.25) is 5.91 Å². The summed E-state index contributed by atoms with van der Waals surface area (Å²) in [6, 6.07) is 0. The van der Waals surface area contributed by atoms with Crippen LogP contribution in [0.4, 0.5) is 0 Å². The zero-order valence-corrected chi connectivity index (χ0v) is 8.39. The minimum Gasteiger partial charge on any atom is -0.343 e. The molecule has 1 aliphatic rings. The second-order valence-electron chi connectivity index (χ2n) is 3.95. The van der Waals surface area contributed by atoms with Gasteiger partial charge in [0.1, 0.15) is 0 Å². The van der Waals surface area contributed by atoms with E-state index in [4.69, 9.17) is 0 Å². The highest BCUT2D eigenvalue weighted by Gasteiger charge is 2.46. The van der Waals surface area contributed by atoms with Crippen LogP contribution in [0.2, 0.25) is 0 Å². The lowest BCUT2D eigenvalue weighted by atomic mass is 10.1. The first kappa shape index (κ1) is 9.56. The fourth-order valence-corrected chi connectivity index (χ4v) is 1.46. The summed E-state index contributed by atoms with van der Waals surface area (Å²) in [6.07, 6.45) is 3.24. The molecule has 0 aromatic rings. The number of nitrogens with zero attached hydrogens (tertiary/aromatic N) is 1. The van der Waals surface area contributed by atoms with Crippen LogP contribution in [-0.4, -0.2) is 23.9 Å². The van der Waals surface area contributed by atoms with Crippen LogP contribution in [0, 0.1) is 5.41 Å². The molecule has 0 unspecified atom stereocenters. The summed E-state index contributed by atoms with van der Waals surface area (Å²) in [5.74, 6) is 0.367. The third-order valence-corrected chi connectivity index (χ3v) is 2.68. The van der Waals surface area contributed by atoms with E-state index in [1.807, 2.05) is 4.90 Å². The van der Waals surface area contributed by atoms with E-state index in [0.717, 1.165) is 32.4 Å². The molecule has 70 valence electrons. The number of hydrogen-bond acceptors (Lipinski definition) is 1. The van der Waals surface area contributed by atoms with Gasteiger partial charge in [-0.1, -0.05) is 13.8 Å². The Hall–Kier alpha value is -0.530. The molecule has 1 aliphatic carbocycles. The van der Waals surface area contributed by atoms with Gasteiger partial charge >= 0.3 is 0 Å². The van der Waals surface area contributed by atoms with Crippen molar-refractivity contribution < 1.29 is 4.79 Å². The molecule has 1 rings (SSSR count). The summed E-state index contributed by atoms with van der Waals surface area (Å²) in [6.45, 7) is 8.03. The van der Waals surface area contributed by atoms with Crippen LogP contribution in [0.1, 0.15) is 40.0 Å². The van der Waals surface area contributed by atoms with E-state index in [2.05, 4.69) is 20.8 Å². The van der Waals surface area contributed by atoms with Crippen molar-refractivity contribution in [1.29, 1.82) is 0 Å². The molecule has 0 atom stereocenters. The standard InChI is InChI=1S/C10H19NO/c1-4-8-11(5-2)9(12)10(3)6-7-10/h4-8H2,1-3H3. The Morgan fingerprint density at radius 1 is 1.42 bits per heavy atom. The molecule has 0 saturated heterocycles. The molecule has 0 aromatic heterocycles. The molecule has 2 nitrogen and oxygen atoms in total. The van der Waals surface area contributed by atoms with E-state index < -0.39 is 0 Å². The van der Waals surface area contributed by atoms with Crippen molar-refractivity contribution in [2.24, 2.45) is 5.41 Å². The Morgan fingerprint density at radius 2 is 2.00 bits per heavy atom. The number of carbonyl (C=O) groups excluding carboxylic acids is 1. The van der Waals surface area contributed by atoms with E-state index in [-0.39, 0.29) is 5.41 Å². The lowest BCUT2D eigenvalue weighted by Gasteiger charge is -2.23. The zero-order chi connectivity index (χ0) is 9.19. The summed E-state index contributed by atoms with van der Waals surface area (Å²) >= 11 is 0. The molecular weight excluding hydrogens is 150 g/mol. The molecule has 12 heavy (non-hydrogen) atoms. The van der Waals surface area contributed by atoms with E-state index in [9.17, 15) is 4.79 Å². The molecule has 0 heterocycles. The molecule has 0 spiro atoms. The van der Waals surface area contributed by atoms with Gasteiger partial charge < -0.3 is 4.90 Å². The van der Waals surface area contributed by atoms with Crippen LogP contribution in [-0.2, 0) is 4.79 Å². The molecule has 0 aromatic carbocycles. The van der Waals surface area contributed by atoms with Crippen LogP contribution in [0.3, 0.4) is 0 Å². The zero-order valence-electron chi connectivity index (χ0n) is 8.39. The number of rotatable bonds is 4. The third-order valence-electron chi connectivity index (χ3n) is 2.68. The highest BCUT2D eigenvalue weighted by molar-refractivity contribution is 5.84. The number of carbonyl (C=O) groups is 1. The van der Waals surface area contributed by atoms with Crippen molar-refractivity contribution in [3.8, 4) is 0 Å². The van der Waals surface area contributed by atoms with Crippen molar-refractivity contribution in [2.45, 2.75) is 40.0 Å². The monoisotopic (exact) mass is 169 g/mol. The molecule has 1 fully saturated rings. The Bertz CT molecular complexity index is 173. The fourth-order valence-electron chi connectivity index (χ4n) is 1.46. The number of amides is 1. The maximum Gasteiger partial charge on any atom is 0.228 e. The minimum absolute atomic E-state index is 0.0190. The molecule has 0 aliphatic heterocycles.